The molecule has 0 bridgehead atoms. The Hall–Kier alpha value is -6.78. The van der Waals surface area contributed by atoms with Gasteiger partial charge in [0.2, 0.25) is 0 Å². The lowest BCUT2D eigenvalue weighted by Gasteiger charge is -2.25. The molecule has 4 heteroatoms. The Labute approximate surface area is 286 Å². The molecule has 4 nitrogen and oxygen atoms in total. The number of fused-ring (bicyclic) bond motifs is 10. The molecule has 0 fully saturated rings. The SMILES string of the molecule is c1ccc(-n2c3ccccc3c3cc(N(c4ccc5c(c4)oc4cc6ccccc6cc45)c4cccc5c4oc4ccccc45)ccc32)cc1. The average molecular weight is 641 g/mol. The second-order valence-corrected chi connectivity index (χ2v) is 13.0. The molecule has 11 aromatic rings. The van der Waals surface area contributed by atoms with Crippen molar-refractivity contribution in [3.05, 3.63) is 170 Å². The topological polar surface area (TPSA) is 34.5 Å². The van der Waals surface area contributed by atoms with Gasteiger partial charge in [0.25, 0.3) is 0 Å². The van der Waals surface area contributed by atoms with Crippen LogP contribution in [0.1, 0.15) is 0 Å². The summed E-state index contributed by atoms with van der Waals surface area (Å²) >= 11 is 0. The van der Waals surface area contributed by atoms with E-state index in [1.807, 2.05) is 12.1 Å². The highest BCUT2D eigenvalue weighted by molar-refractivity contribution is 6.14. The van der Waals surface area contributed by atoms with Crippen LogP contribution >= 0.6 is 0 Å². The summed E-state index contributed by atoms with van der Waals surface area (Å²) in [6, 6.07) is 60.1. The first-order valence-corrected chi connectivity index (χ1v) is 16.9. The zero-order valence-electron chi connectivity index (χ0n) is 26.9. The van der Waals surface area contributed by atoms with Crippen LogP contribution < -0.4 is 4.90 Å². The molecule has 3 heterocycles. The van der Waals surface area contributed by atoms with Crippen molar-refractivity contribution in [3.8, 4) is 5.69 Å². The van der Waals surface area contributed by atoms with Gasteiger partial charge in [-0.05, 0) is 83.6 Å². The Morgan fingerprint density at radius 3 is 1.94 bits per heavy atom. The van der Waals surface area contributed by atoms with E-state index >= 15 is 0 Å². The number of rotatable bonds is 4. The van der Waals surface area contributed by atoms with E-state index in [0.29, 0.717) is 0 Å². The smallest absolute Gasteiger partial charge is 0.159 e. The van der Waals surface area contributed by atoms with Gasteiger partial charge < -0.3 is 18.3 Å². The molecule has 50 heavy (non-hydrogen) atoms. The minimum Gasteiger partial charge on any atom is -0.456 e. The van der Waals surface area contributed by atoms with Gasteiger partial charge in [0.05, 0.1) is 22.4 Å². The minimum atomic E-state index is 0.844. The second-order valence-electron chi connectivity index (χ2n) is 13.0. The van der Waals surface area contributed by atoms with Crippen molar-refractivity contribution in [1.29, 1.82) is 0 Å². The van der Waals surface area contributed by atoms with Crippen LogP contribution in [0.2, 0.25) is 0 Å². The van der Waals surface area contributed by atoms with Crippen molar-refractivity contribution in [2.75, 3.05) is 4.90 Å². The largest absolute Gasteiger partial charge is 0.456 e. The third kappa shape index (κ3) is 3.93. The molecule has 234 valence electrons. The molecule has 0 radical (unpaired) electrons. The normalized spacial score (nSPS) is 12.0. The summed E-state index contributed by atoms with van der Waals surface area (Å²) < 4.78 is 15.6. The van der Waals surface area contributed by atoms with Crippen molar-refractivity contribution in [1.82, 2.24) is 4.57 Å². The second kappa shape index (κ2) is 10.4. The molecule has 0 aliphatic heterocycles. The van der Waals surface area contributed by atoms with Gasteiger partial charge in [0.15, 0.2) is 5.58 Å². The van der Waals surface area contributed by atoms with Gasteiger partial charge in [-0.2, -0.15) is 0 Å². The Morgan fingerprint density at radius 1 is 0.380 bits per heavy atom. The predicted octanol–water partition coefficient (Wildman–Crippen LogP) is 13.2. The quantitative estimate of drug-likeness (QED) is 0.192. The summed E-state index contributed by atoms with van der Waals surface area (Å²) in [6.07, 6.45) is 0. The highest BCUT2D eigenvalue weighted by atomic mass is 16.3. The number of furan rings is 2. The maximum absolute atomic E-state index is 6.64. The summed E-state index contributed by atoms with van der Waals surface area (Å²) in [5, 5.41) is 9.15. The summed E-state index contributed by atoms with van der Waals surface area (Å²) in [4.78, 5) is 2.31. The molecular formula is C46H28N2O2. The highest BCUT2D eigenvalue weighted by Crippen LogP contribution is 2.45. The van der Waals surface area contributed by atoms with Gasteiger partial charge in [0.1, 0.15) is 16.7 Å². The number of benzene rings is 8. The van der Waals surface area contributed by atoms with Crippen molar-refractivity contribution >= 4 is 93.5 Å². The molecule has 0 aliphatic carbocycles. The van der Waals surface area contributed by atoms with E-state index in [2.05, 4.69) is 167 Å². The van der Waals surface area contributed by atoms with E-state index in [1.165, 1.54) is 27.1 Å². The average Bonchev–Trinajstić information content (AvgIpc) is 3.83. The third-order valence-corrected chi connectivity index (χ3v) is 10.1. The minimum absolute atomic E-state index is 0.844. The molecule has 3 aromatic heterocycles. The summed E-state index contributed by atoms with van der Waals surface area (Å²) in [5.74, 6) is 0. The fourth-order valence-electron chi connectivity index (χ4n) is 7.88. The Morgan fingerprint density at radius 2 is 1.04 bits per heavy atom. The molecule has 0 amide bonds. The molecule has 11 rings (SSSR count). The van der Waals surface area contributed by atoms with Crippen LogP contribution in [0.5, 0.6) is 0 Å². The lowest BCUT2D eigenvalue weighted by molar-refractivity contribution is 0.667. The third-order valence-electron chi connectivity index (χ3n) is 10.1. The number of para-hydroxylation sites is 4. The fraction of sp³-hybridized carbons (Fsp3) is 0. The lowest BCUT2D eigenvalue weighted by atomic mass is 10.1. The molecule has 8 aromatic carbocycles. The molecular weight excluding hydrogens is 613 g/mol. The lowest BCUT2D eigenvalue weighted by Crippen LogP contribution is -2.10. The van der Waals surface area contributed by atoms with Crippen LogP contribution in [0.25, 0.3) is 82.1 Å². The monoisotopic (exact) mass is 640 g/mol. The zero-order valence-corrected chi connectivity index (χ0v) is 26.9. The zero-order chi connectivity index (χ0) is 32.8. The number of anilines is 3. The summed E-state index contributed by atoms with van der Waals surface area (Å²) in [7, 11) is 0. The summed E-state index contributed by atoms with van der Waals surface area (Å²) in [5.41, 5.74) is 9.89. The molecule has 0 atom stereocenters. The van der Waals surface area contributed by atoms with E-state index < -0.39 is 0 Å². The first kappa shape index (κ1) is 27.2. The van der Waals surface area contributed by atoms with E-state index in [-0.39, 0.29) is 0 Å². The van der Waals surface area contributed by atoms with E-state index in [4.69, 9.17) is 8.83 Å². The molecule has 0 saturated heterocycles. The van der Waals surface area contributed by atoms with Gasteiger partial charge in [-0.25, -0.2) is 0 Å². The van der Waals surface area contributed by atoms with Crippen molar-refractivity contribution in [2.24, 2.45) is 0 Å². The van der Waals surface area contributed by atoms with Gasteiger partial charge >= 0.3 is 0 Å². The van der Waals surface area contributed by atoms with Crippen LogP contribution in [0.3, 0.4) is 0 Å². The molecule has 0 N–H and O–H groups in total. The van der Waals surface area contributed by atoms with Crippen LogP contribution in [-0.4, -0.2) is 4.57 Å². The fourth-order valence-corrected chi connectivity index (χ4v) is 7.88. The van der Waals surface area contributed by atoms with Gasteiger partial charge in [-0.1, -0.05) is 91.0 Å². The number of hydrogen-bond acceptors (Lipinski definition) is 3. The van der Waals surface area contributed by atoms with Crippen LogP contribution in [0.4, 0.5) is 17.1 Å². The number of aromatic nitrogens is 1. The van der Waals surface area contributed by atoms with Gasteiger partial charge in [0, 0.05) is 49.8 Å². The first-order chi connectivity index (χ1) is 24.8. The molecule has 0 saturated carbocycles. The Balaban J connectivity index is 1.18. The highest BCUT2D eigenvalue weighted by Gasteiger charge is 2.22. The molecule has 0 unspecified atom stereocenters. The van der Waals surface area contributed by atoms with Gasteiger partial charge in [-0.15, -0.1) is 0 Å². The van der Waals surface area contributed by atoms with Crippen molar-refractivity contribution in [2.45, 2.75) is 0 Å². The first-order valence-electron chi connectivity index (χ1n) is 16.9. The standard InChI is InChI=1S/C46H28N2O2/c1-2-13-31(14-3-1)48-40-18-8-6-15-34(40)38-27-32(22-24-41(38)48)47(42-19-10-17-37-35-16-7-9-20-43(35)50-46(37)42)33-21-23-36-39-25-29-11-4-5-12-30(29)26-44(39)49-45(36)28-33/h1-28H. The van der Waals surface area contributed by atoms with E-state index in [1.54, 1.807) is 0 Å². The molecule has 0 spiro atoms. The predicted molar refractivity (Wildman–Crippen MR) is 208 cm³/mol. The Bertz CT molecular complexity index is 3110. The maximum Gasteiger partial charge on any atom is 0.159 e. The van der Waals surface area contributed by atoms with E-state index in [0.717, 1.165) is 72.1 Å². The van der Waals surface area contributed by atoms with Crippen LogP contribution in [0, 0.1) is 0 Å². The van der Waals surface area contributed by atoms with Crippen LogP contribution in [0.15, 0.2) is 179 Å². The molecule has 0 aliphatic rings. The van der Waals surface area contributed by atoms with Crippen LogP contribution in [-0.2, 0) is 0 Å². The number of hydrogen-bond donors (Lipinski definition) is 0. The Kier molecular flexibility index (Phi) is 5.63. The van der Waals surface area contributed by atoms with Crippen molar-refractivity contribution in [3.63, 3.8) is 0 Å². The van der Waals surface area contributed by atoms with Crippen molar-refractivity contribution < 1.29 is 8.83 Å². The van der Waals surface area contributed by atoms with E-state index in [9.17, 15) is 0 Å². The number of nitrogens with zero attached hydrogens (tertiary/aromatic N) is 2. The maximum atomic E-state index is 6.64. The summed E-state index contributed by atoms with van der Waals surface area (Å²) in [6.45, 7) is 0. The van der Waals surface area contributed by atoms with Gasteiger partial charge in [-0.3, -0.25) is 0 Å².